The van der Waals surface area contributed by atoms with Gasteiger partial charge in [0.25, 0.3) is 0 Å². The van der Waals surface area contributed by atoms with Crippen LogP contribution >= 0.6 is 11.6 Å². The van der Waals surface area contributed by atoms with Crippen molar-refractivity contribution in [1.29, 1.82) is 0 Å². The van der Waals surface area contributed by atoms with Gasteiger partial charge >= 0.3 is 0 Å². The summed E-state index contributed by atoms with van der Waals surface area (Å²) in [7, 11) is 3.79. The van der Waals surface area contributed by atoms with E-state index in [1.54, 1.807) is 7.11 Å². The molecular weight excluding hydrogens is 272 g/mol. The fraction of sp³-hybridized carbons (Fsp3) is 0.625. The molecule has 1 aromatic carbocycles. The third kappa shape index (κ3) is 4.65. The maximum Gasteiger partial charge on any atom is 0.0663 e. The summed E-state index contributed by atoms with van der Waals surface area (Å²) in [6.07, 6.45) is 1.12. The number of hydrogen-bond donors (Lipinski definition) is 1. The number of likely N-dealkylation sites (N-methyl/N-ethyl adjacent to an activating group) is 1. The Hall–Kier alpha value is -0.770. The molecule has 114 valence electrons. The average Bonchev–Trinajstić information content (AvgIpc) is 2.44. The molecule has 20 heavy (non-hydrogen) atoms. The summed E-state index contributed by atoms with van der Waals surface area (Å²) in [6.45, 7) is 8.15. The molecule has 1 aromatic rings. The molecule has 0 saturated carbocycles. The molecular formula is C16H27ClN2O. The van der Waals surface area contributed by atoms with Gasteiger partial charge in [0, 0.05) is 37.0 Å². The van der Waals surface area contributed by atoms with Crippen LogP contribution in [0.1, 0.15) is 38.8 Å². The first kappa shape index (κ1) is 17.3. The van der Waals surface area contributed by atoms with Gasteiger partial charge in [-0.3, -0.25) is 0 Å². The van der Waals surface area contributed by atoms with Crippen LogP contribution in [0, 0.1) is 0 Å². The Labute approximate surface area is 128 Å². The minimum atomic E-state index is 0.276. The normalized spacial score (nSPS) is 14.1. The predicted octanol–water partition coefficient (Wildman–Crippen LogP) is 3.87. The lowest BCUT2D eigenvalue weighted by Gasteiger charge is -2.27. The van der Waals surface area contributed by atoms with Crippen molar-refractivity contribution < 1.29 is 4.74 Å². The summed E-state index contributed by atoms with van der Waals surface area (Å²) in [5, 5.41) is 4.28. The largest absolute Gasteiger partial charge is 0.383 e. The number of ether oxygens (including phenoxy) is 1. The zero-order valence-electron chi connectivity index (χ0n) is 13.2. The summed E-state index contributed by atoms with van der Waals surface area (Å²) < 4.78 is 5.20. The van der Waals surface area contributed by atoms with Crippen molar-refractivity contribution in [3.05, 3.63) is 28.8 Å². The van der Waals surface area contributed by atoms with Gasteiger partial charge in [-0.2, -0.15) is 0 Å². The molecule has 2 atom stereocenters. The number of anilines is 1. The van der Waals surface area contributed by atoms with Crippen molar-refractivity contribution in [2.45, 2.75) is 39.3 Å². The highest BCUT2D eigenvalue weighted by atomic mass is 35.5. The summed E-state index contributed by atoms with van der Waals surface area (Å²) in [4.78, 5) is 2.18. The van der Waals surface area contributed by atoms with Gasteiger partial charge in [-0.05, 0) is 44.5 Å². The van der Waals surface area contributed by atoms with Crippen LogP contribution in [-0.2, 0) is 4.74 Å². The van der Waals surface area contributed by atoms with Gasteiger partial charge in [0.05, 0.1) is 6.61 Å². The molecule has 0 bridgehead atoms. The first-order valence-corrected chi connectivity index (χ1v) is 7.63. The third-order valence-corrected chi connectivity index (χ3v) is 3.95. The number of nitrogens with one attached hydrogen (secondary N) is 1. The molecule has 0 spiro atoms. The van der Waals surface area contributed by atoms with Crippen LogP contribution in [0.3, 0.4) is 0 Å². The average molecular weight is 299 g/mol. The molecule has 0 radical (unpaired) electrons. The lowest BCUT2D eigenvalue weighted by molar-refractivity contribution is 0.183. The van der Waals surface area contributed by atoms with E-state index < -0.39 is 0 Å². The number of hydrogen-bond acceptors (Lipinski definition) is 3. The van der Waals surface area contributed by atoms with Gasteiger partial charge in [-0.1, -0.05) is 24.6 Å². The summed E-state index contributed by atoms with van der Waals surface area (Å²) in [6, 6.07) is 6.86. The molecule has 0 saturated heterocycles. The molecule has 0 aliphatic carbocycles. The van der Waals surface area contributed by atoms with E-state index in [2.05, 4.69) is 50.2 Å². The summed E-state index contributed by atoms with van der Waals surface area (Å²) >= 11 is 6.43. The molecule has 4 heteroatoms. The van der Waals surface area contributed by atoms with Crippen molar-refractivity contribution in [1.82, 2.24) is 5.32 Å². The van der Waals surface area contributed by atoms with Crippen molar-refractivity contribution >= 4 is 17.3 Å². The number of methoxy groups -OCH3 is 1. The highest BCUT2D eigenvalue weighted by Crippen LogP contribution is 2.28. The van der Waals surface area contributed by atoms with E-state index in [4.69, 9.17) is 16.3 Å². The number of benzene rings is 1. The van der Waals surface area contributed by atoms with E-state index in [1.165, 1.54) is 0 Å². The lowest BCUT2D eigenvalue weighted by atomic mass is 10.1. The van der Waals surface area contributed by atoms with Crippen molar-refractivity contribution in [3.8, 4) is 0 Å². The minimum absolute atomic E-state index is 0.276. The van der Waals surface area contributed by atoms with E-state index in [0.717, 1.165) is 29.2 Å². The van der Waals surface area contributed by atoms with Crippen LogP contribution in [0.25, 0.3) is 0 Å². The van der Waals surface area contributed by atoms with Gasteiger partial charge < -0.3 is 15.0 Å². The molecule has 0 aliphatic heterocycles. The van der Waals surface area contributed by atoms with E-state index >= 15 is 0 Å². The first-order chi connectivity index (χ1) is 9.51. The zero-order valence-corrected chi connectivity index (χ0v) is 14.0. The van der Waals surface area contributed by atoms with E-state index in [9.17, 15) is 0 Å². The Balaban J connectivity index is 2.81. The third-order valence-electron chi connectivity index (χ3n) is 3.63. The quantitative estimate of drug-likeness (QED) is 0.788. The lowest BCUT2D eigenvalue weighted by Crippen LogP contribution is -2.32. The molecule has 1 rings (SSSR count). The van der Waals surface area contributed by atoms with Crippen molar-refractivity contribution in [3.63, 3.8) is 0 Å². The van der Waals surface area contributed by atoms with Crippen LogP contribution in [0.2, 0.25) is 5.02 Å². The first-order valence-electron chi connectivity index (χ1n) is 7.25. The Kier molecular flexibility index (Phi) is 7.35. The molecule has 3 nitrogen and oxygen atoms in total. The van der Waals surface area contributed by atoms with E-state index in [0.29, 0.717) is 12.6 Å². The highest BCUT2D eigenvalue weighted by Gasteiger charge is 2.13. The molecule has 0 aromatic heterocycles. The van der Waals surface area contributed by atoms with Crippen molar-refractivity contribution in [2.75, 3.05) is 32.2 Å². The van der Waals surface area contributed by atoms with Gasteiger partial charge in [-0.15, -0.1) is 0 Å². The maximum atomic E-state index is 6.43. The monoisotopic (exact) mass is 298 g/mol. The van der Waals surface area contributed by atoms with Crippen LogP contribution in [0.5, 0.6) is 0 Å². The number of halogens is 1. The molecule has 0 fully saturated rings. The van der Waals surface area contributed by atoms with Crippen LogP contribution in [0.4, 0.5) is 5.69 Å². The molecule has 2 unspecified atom stereocenters. The second-order valence-electron chi connectivity index (χ2n) is 5.30. The standard InChI is InChI=1S/C16H27ClN2O/c1-6-9-18-13(3)15-8-7-14(10-16(15)17)19(4)12(2)11-20-5/h7-8,10,12-13,18H,6,9,11H2,1-5H3. The van der Waals surface area contributed by atoms with E-state index in [-0.39, 0.29) is 6.04 Å². The zero-order chi connectivity index (χ0) is 15.1. The van der Waals surface area contributed by atoms with Crippen molar-refractivity contribution in [2.24, 2.45) is 0 Å². The van der Waals surface area contributed by atoms with Gasteiger partial charge in [0.15, 0.2) is 0 Å². The van der Waals surface area contributed by atoms with Crippen LogP contribution in [-0.4, -0.2) is 33.4 Å². The highest BCUT2D eigenvalue weighted by molar-refractivity contribution is 6.31. The number of rotatable bonds is 8. The second-order valence-corrected chi connectivity index (χ2v) is 5.70. The maximum absolute atomic E-state index is 6.43. The Bertz CT molecular complexity index is 411. The van der Waals surface area contributed by atoms with Gasteiger partial charge in [0.1, 0.15) is 0 Å². The topological polar surface area (TPSA) is 24.5 Å². The molecule has 1 N–H and O–H groups in total. The van der Waals surface area contributed by atoms with Gasteiger partial charge in [-0.25, -0.2) is 0 Å². The molecule has 0 heterocycles. The van der Waals surface area contributed by atoms with E-state index in [1.807, 2.05) is 6.07 Å². The van der Waals surface area contributed by atoms with Crippen LogP contribution < -0.4 is 10.2 Å². The smallest absolute Gasteiger partial charge is 0.0663 e. The predicted molar refractivity (Wildman–Crippen MR) is 87.9 cm³/mol. The Morgan fingerprint density at radius 2 is 2.05 bits per heavy atom. The second kappa shape index (κ2) is 8.50. The minimum Gasteiger partial charge on any atom is -0.383 e. The Morgan fingerprint density at radius 1 is 1.35 bits per heavy atom. The summed E-state index contributed by atoms with van der Waals surface area (Å²) in [5.41, 5.74) is 2.27. The van der Waals surface area contributed by atoms with Gasteiger partial charge in [0.2, 0.25) is 0 Å². The SMILES string of the molecule is CCCNC(C)c1ccc(N(C)C(C)COC)cc1Cl. The fourth-order valence-corrected chi connectivity index (χ4v) is 2.50. The Morgan fingerprint density at radius 3 is 2.60 bits per heavy atom. The number of nitrogens with zero attached hydrogens (tertiary/aromatic N) is 1. The fourth-order valence-electron chi connectivity index (χ4n) is 2.16. The molecule has 0 aliphatic rings. The van der Waals surface area contributed by atoms with Crippen LogP contribution in [0.15, 0.2) is 18.2 Å². The summed E-state index contributed by atoms with van der Waals surface area (Å²) in [5.74, 6) is 0. The molecule has 0 amide bonds.